The van der Waals surface area contributed by atoms with Gasteiger partial charge in [0, 0.05) is 12.2 Å². The molecular weight excluding hydrogens is 400 g/mol. The molecule has 166 valence electrons. The van der Waals surface area contributed by atoms with Crippen LogP contribution >= 0.6 is 0 Å². The Morgan fingerprint density at radius 3 is 2.38 bits per heavy atom. The molecule has 1 N–H and O–H groups in total. The second kappa shape index (κ2) is 11.3. The van der Waals surface area contributed by atoms with E-state index in [0.717, 1.165) is 22.4 Å². The fourth-order valence-corrected chi connectivity index (χ4v) is 3.54. The Balaban J connectivity index is 1.81. The fraction of sp³-hybridized carbons (Fsp3) is 0.250. The SMILES string of the molecule is C=C(C)C(=O)OCCOc1cc(-c2ccc(-c3ccccc3)cc2C)ccc1CCCO. The van der Waals surface area contributed by atoms with Crippen LogP contribution in [0.15, 0.2) is 78.9 Å². The zero-order chi connectivity index (χ0) is 22.9. The summed E-state index contributed by atoms with van der Waals surface area (Å²) in [6.07, 6.45) is 1.37. The smallest absolute Gasteiger partial charge is 0.333 e. The lowest BCUT2D eigenvalue weighted by molar-refractivity contribution is -0.139. The summed E-state index contributed by atoms with van der Waals surface area (Å²) in [5, 5.41) is 9.23. The van der Waals surface area contributed by atoms with Gasteiger partial charge in [-0.1, -0.05) is 67.2 Å². The maximum absolute atomic E-state index is 11.6. The number of benzene rings is 3. The summed E-state index contributed by atoms with van der Waals surface area (Å²) in [5.41, 5.74) is 7.13. The maximum atomic E-state index is 11.6. The monoisotopic (exact) mass is 430 g/mol. The average Bonchev–Trinajstić information content (AvgIpc) is 2.81. The number of rotatable bonds is 10. The molecule has 0 saturated heterocycles. The van der Waals surface area contributed by atoms with E-state index in [4.69, 9.17) is 9.47 Å². The van der Waals surface area contributed by atoms with E-state index in [-0.39, 0.29) is 19.8 Å². The molecule has 0 amide bonds. The van der Waals surface area contributed by atoms with Crippen LogP contribution in [0.2, 0.25) is 0 Å². The zero-order valence-electron chi connectivity index (χ0n) is 18.8. The van der Waals surface area contributed by atoms with E-state index in [9.17, 15) is 9.90 Å². The van der Waals surface area contributed by atoms with Gasteiger partial charge in [-0.05, 0) is 66.1 Å². The molecule has 0 spiro atoms. The minimum absolute atomic E-state index is 0.122. The quantitative estimate of drug-likeness (QED) is 0.253. The first-order valence-electron chi connectivity index (χ1n) is 10.8. The molecule has 0 aliphatic carbocycles. The Morgan fingerprint density at radius 1 is 0.938 bits per heavy atom. The summed E-state index contributed by atoms with van der Waals surface area (Å²) >= 11 is 0. The van der Waals surface area contributed by atoms with Gasteiger partial charge in [-0.25, -0.2) is 4.79 Å². The van der Waals surface area contributed by atoms with Crippen LogP contribution < -0.4 is 4.74 Å². The van der Waals surface area contributed by atoms with E-state index in [0.29, 0.717) is 18.4 Å². The zero-order valence-corrected chi connectivity index (χ0v) is 18.8. The number of aliphatic hydroxyl groups is 1. The number of aliphatic hydroxyl groups excluding tert-OH is 1. The predicted molar refractivity (Wildman–Crippen MR) is 129 cm³/mol. The molecule has 0 fully saturated rings. The van der Waals surface area contributed by atoms with Crippen LogP contribution in [0.1, 0.15) is 24.5 Å². The standard InChI is InChI=1S/C28H30O4/c1-20(2)28(30)32-17-16-31-27-19-25(12-11-23(27)10-7-15-29)26-14-13-24(18-21(26)3)22-8-5-4-6-9-22/h4-6,8-9,11-14,18-19,29H,1,7,10,15-17H2,2-3H3. The van der Waals surface area contributed by atoms with Crippen molar-refractivity contribution in [3.8, 4) is 28.0 Å². The summed E-state index contributed by atoms with van der Waals surface area (Å²) in [6, 6.07) is 22.9. The number of hydrogen-bond acceptors (Lipinski definition) is 4. The normalized spacial score (nSPS) is 10.6. The summed E-state index contributed by atoms with van der Waals surface area (Å²) in [7, 11) is 0. The van der Waals surface area contributed by atoms with Gasteiger partial charge in [0.05, 0.1) is 0 Å². The van der Waals surface area contributed by atoms with Crippen molar-refractivity contribution in [2.45, 2.75) is 26.7 Å². The molecule has 0 heterocycles. The Morgan fingerprint density at radius 2 is 1.69 bits per heavy atom. The highest BCUT2D eigenvalue weighted by molar-refractivity contribution is 5.86. The van der Waals surface area contributed by atoms with Crippen LogP contribution in [-0.2, 0) is 16.0 Å². The van der Waals surface area contributed by atoms with Crippen molar-refractivity contribution in [1.82, 2.24) is 0 Å². The maximum Gasteiger partial charge on any atom is 0.333 e. The molecule has 3 rings (SSSR count). The van der Waals surface area contributed by atoms with E-state index < -0.39 is 5.97 Å². The highest BCUT2D eigenvalue weighted by Crippen LogP contribution is 2.32. The average molecular weight is 431 g/mol. The van der Waals surface area contributed by atoms with E-state index >= 15 is 0 Å². The molecule has 0 aliphatic rings. The van der Waals surface area contributed by atoms with Crippen molar-refractivity contribution in [1.29, 1.82) is 0 Å². The van der Waals surface area contributed by atoms with Gasteiger partial charge in [-0.3, -0.25) is 0 Å². The lowest BCUT2D eigenvalue weighted by Gasteiger charge is -2.15. The summed E-state index contributed by atoms with van der Waals surface area (Å²) < 4.78 is 11.1. The predicted octanol–water partition coefficient (Wildman–Crippen LogP) is 5.75. The van der Waals surface area contributed by atoms with Crippen LogP contribution in [0, 0.1) is 6.92 Å². The third-order valence-corrected chi connectivity index (χ3v) is 5.24. The summed E-state index contributed by atoms with van der Waals surface area (Å²) in [6.45, 7) is 7.83. The van der Waals surface area contributed by atoms with E-state index in [1.54, 1.807) is 6.92 Å². The number of esters is 1. The first-order valence-corrected chi connectivity index (χ1v) is 10.8. The van der Waals surface area contributed by atoms with E-state index in [1.165, 1.54) is 16.7 Å². The number of carbonyl (C=O) groups excluding carboxylic acids is 1. The molecule has 0 aliphatic heterocycles. The largest absolute Gasteiger partial charge is 0.490 e. The van der Waals surface area contributed by atoms with Crippen molar-refractivity contribution in [2.75, 3.05) is 19.8 Å². The highest BCUT2D eigenvalue weighted by Gasteiger charge is 2.11. The van der Waals surface area contributed by atoms with Gasteiger partial charge in [0.2, 0.25) is 0 Å². The van der Waals surface area contributed by atoms with Gasteiger partial charge in [0.25, 0.3) is 0 Å². The van der Waals surface area contributed by atoms with E-state index in [1.807, 2.05) is 30.3 Å². The summed E-state index contributed by atoms with van der Waals surface area (Å²) in [4.78, 5) is 11.6. The van der Waals surface area contributed by atoms with Gasteiger partial charge in [0.1, 0.15) is 19.0 Å². The minimum Gasteiger partial charge on any atom is -0.490 e. The number of aryl methyl sites for hydroxylation is 2. The third kappa shape index (κ3) is 6.08. The lowest BCUT2D eigenvalue weighted by atomic mass is 9.94. The molecule has 0 radical (unpaired) electrons. The van der Waals surface area contributed by atoms with Crippen molar-refractivity contribution in [3.05, 3.63) is 90.0 Å². The van der Waals surface area contributed by atoms with Crippen molar-refractivity contribution >= 4 is 5.97 Å². The first-order chi connectivity index (χ1) is 15.5. The first kappa shape index (κ1) is 23.3. The lowest BCUT2D eigenvalue weighted by Crippen LogP contribution is -2.13. The van der Waals surface area contributed by atoms with Crippen LogP contribution in [0.3, 0.4) is 0 Å². The molecule has 4 heteroatoms. The molecule has 3 aromatic rings. The van der Waals surface area contributed by atoms with Crippen molar-refractivity contribution in [2.24, 2.45) is 0 Å². The summed E-state index contributed by atoms with van der Waals surface area (Å²) in [5.74, 6) is 0.325. The number of ether oxygens (including phenoxy) is 2. The number of carbonyl (C=O) groups is 1. The molecule has 0 bridgehead atoms. The Labute approximate surface area is 190 Å². The second-order valence-electron chi connectivity index (χ2n) is 7.81. The second-order valence-corrected chi connectivity index (χ2v) is 7.81. The van der Waals surface area contributed by atoms with Crippen LogP contribution in [0.5, 0.6) is 5.75 Å². The topological polar surface area (TPSA) is 55.8 Å². The van der Waals surface area contributed by atoms with E-state index in [2.05, 4.69) is 49.9 Å². The minimum atomic E-state index is -0.419. The Bertz CT molecular complexity index is 1070. The fourth-order valence-electron chi connectivity index (χ4n) is 3.54. The molecule has 0 atom stereocenters. The molecule has 32 heavy (non-hydrogen) atoms. The highest BCUT2D eigenvalue weighted by atomic mass is 16.6. The van der Waals surface area contributed by atoms with Gasteiger partial charge in [0.15, 0.2) is 0 Å². The molecule has 3 aromatic carbocycles. The molecule has 0 aromatic heterocycles. The molecule has 0 saturated carbocycles. The van der Waals surface area contributed by atoms with Crippen LogP contribution in [0.4, 0.5) is 0 Å². The van der Waals surface area contributed by atoms with Gasteiger partial charge >= 0.3 is 5.97 Å². The van der Waals surface area contributed by atoms with Crippen LogP contribution in [0.25, 0.3) is 22.3 Å². The van der Waals surface area contributed by atoms with Gasteiger partial charge in [-0.2, -0.15) is 0 Å². The number of hydrogen-bond donors (Lipinski definition) is 1. The third-order valence-electron chi connectivity index (χ3n) is 5.24. The molecule has 4 nitrogen and oxygen atoms in total. The van der Waals surface area contributed by atoms with Gasteiger partial charge in [-0.15, -0.1) is 0 Å². The molecular formula is C28H30O4. The van der Waals surface area contributed by atoms with Gasteiger partial charge < -0.3 is 14.6 Å². The van der Waals surface area contributed by atoms with Crippen LogP contribution in [-0.4, -0.2) is 30.9 Å². The Kier molecular flexibility index (Phi) is 8.23. The Hall–Kier alpha value is -3.37. The van der Waals surface area contributed by atoms with Crippen molar-refractivity contribution in [3.63, 3.8) is 0 Å². The molecule has 0 unspecified atom stereocenters. The van der Waals surface area contributed by atoms with Crippen molar-refractivity contribution < 1.29 is 19.4 Å².